The highest BCUT2D eigenvalue weighted by Crippen LogP contribution is 2.44. The first-order valence-electron chi connectivity index (χ1n) is 13.0. The third kappa shape index (κ3) is 4.98. The summed E-state index contributed by atoms with van der Waals surface area (Å²) >= 11 is 0. The van der Waals surface area contributed by atoms with E-state index in [1.54, 1.807) is 0 Å². The van der Waals surface area contributed by atoms with Gasteiger partial charge in [-0.3, -0.25) is 0 Å². The molecule has 0 amide bonds. The van der Waals surface area contributed by atoms with Gasteiger partial charge in [0.05, 0.1) is 6.61 Å². The third-order valence-electron chi connectivity index (χ3n) is 6.92. The Hall–Kier alpha value is -3.52. The smallest absolute Gasteiger partial charge is 0.178 e. The molecule has 2 nitrogen and oxygen atoms in total. The van der Waals surface area contributed by atoms with Gasteiger partial charge in [0.25, 0.3) is 0 Å². The van der Waals surface area contributed by atoms with Crippen LogP contribution < -0.4 is 9.47 Å². The predicted molar refractivity (Wildman–Crippen MR) is 146 cm³/mol. The molecular weight excluding hydrogens is 428 g/mol. The molecule has 1 heterocycles. The molecule has 0 aliphatic carbocycles. The third-order valence-corrected chi connectivity index (χ3v) is 6.92. The number of unbranched alkanes of at least 4 members (excludes halogenated alkanes) is 5. The summed E-state index contributed by atoms with van der Waals surface area (Å²) in [7, 11) is 0. The van der Waals surface area contributed by atoms with E-state index in [1.807, 2.05) is 12.1 Å². The molecule has 178 valence electrons. The minimum atomic E-state index is -0.649. The second kappa shape index (κ2) is 10.8. The van der Waals surface area contributed by atoms with Gasteiger partial charge in [0, 0.05) is 16.7 Å². The molecule has 35 heavy (non-hydrogen) atoms. The summed E-state index contributed by atoms with van der Waals surface area (Å²) in [5, 5.41) is 2.35. The molecule has 0 saturated heterocycles. The summed E-state index contributed by atoms with van der Waals surface area (Å²) in [6, 6.07) is 31.5. The minimum Gasteiger partial charge on any atom is -0.494 e. The van der Waals surface area contributed by atoms with Crippen LogP contribution in [0.2, 0.25) is 0 Å². The number of hydrogen-bond donors (Lipinski definition) is 0. The van der Waals surface area contributed by atoms with Crippen molar-refractivity contribution in [1.82, 2.24) is 0 Å². The number of fused-ring (bicyclic) bond motifs is 3. The molecule has 0 fully saturated rings. The largest absolute Gasteiger partial charge is 0.494 e. The van der Waals surface area contributed by atoms with E-state index in [0.717, 1.165) is 41.2 Å². The molecule has 2 heteroatoms. The lowest BCUT2D eigenvalue weighted by molar-refractivity contribution is 0.161. The van der Waals surface area contributed by atoms with Crippen LogP contribution in [0, 0.1) is 0 Å². The van der Waals surface area contributed by atoms with Crippen molar-refractivity contribution in [2.24, 2.45) is 0 Å². The van der Waals surface area contributed by atoms with Crippen LogP contribution in [0.5, 0.6) is 11.5 Å². The van der Waals surface area contributed by atoms with Crippen molar-refractivity contribution in [2.75, 3.05) is 6.61 Å². The maximum atomic E-state index is 6.83. The summed E-state index contributed by atoms with van der Waals surface area (Å²) < 4.78 is 12.9. The molecule has 0 N–H and O–H groups in total. The summed E-state index contributed by atoms with van der Waals surface area (Å²) in [5.41, 5.74) is 2.70. The fourth-order valence-electron chi connectivity index (χ4n) is 4.99. The van der Waals surface area contributed by atoms with Gasteiger partial charge in [0.1, 0.15) is 11.5 Å². The average Bonchev–Trinajstić information content (AvgIpc) is 2.93. The van der Waals surface area contributed by atoms with Gasteiger partial charge in [-0.25, -0.2) is 0 Å². The van der Waals surface area contributed by atoms with Crippen LogP contribution in [-0.2, 0) is 5.60 Å². The van der Waals surface area contributed by atoms with E-state index in [0.29, 0.717) is 0 Å². The fourth-order valence-corrected chi connectivity index (χ4v) is 4.99. The van der Waals surface area contributed by atoms with E-state index < -0.39 is 5.60 Å². The molecule has 0 radical (unpaired) electrons. The zero-order valence-electron chi connectivity index (χ0n) is 20.6. The standard InChI is InChI=1S/C33H34O2/c1-2-3-4-5-6-13-24-34-29-19-20-30-26(25-29)18-21-32-31(30)22-23-33(35-32,27-14-9-7-10-15-27)28-16-11-8-12-17-28/h7-12,14-23,25H,2-6,13,24H2,1H3. The van der Waals surface area contributed by atoms with E-state index in [4.69, 9.17) is 9.47 Å². The average molecular weight is 463 g/mol. The van der Waals surface area contributed by atoms with Crippen molar-refractivity contribution < 1.29 is 9.47 Å². The maximum Gasteiger partial charge on any atom is 0.178 e. The number of benzene rings is 4. The molecule has 4 aromatic rings. The zero-order chi connectivity index (χ0) is 23.9. The van der Waals surface area contributed by atoms with Gasteiger partial charge in [-0.05, 0) is 53.6 Å². The molecule has 0 aromatic heterocycles. The Morgan fingerprint density at radius 1 is 0.714 bits per heavy atom. The number of ether oxygens (including phenoxy) is 2. The van der Waals surface area contributed by atoms with Crippen LogP contribution in [0.3, 0.4) is 0 Å². The highest BCUT2D eigenvalue weighted by Gasteiger charge is 2.37. The van der Waals surface area contributed by atoms with E-state index in [-0.39, 0.29) is 0 Å². The van der Waals surface area contributed by atoms with Crippen molar-refractivity contribution in [3.63, 3.8) is 0 Å². The van der Waals surface area contributed by atoms with Crippen molar-refractivity contribution in [2.45, 2.75) is 51.0 Å². The van der Waals surface area contributed by atoms with Crippen LogP contribution in [0.1, 0.15) is 62.1 Å². The van der Waals surface area contributed by atoms with Crippen LogP contribution in [-0.4, -0.2) is 6.61 Å². The zero-order valence-corrected chi connectivity index (χ0v) is 20.6. The lowest BCUT2D eigenvalue weighted by Crippen LogP contribution is -2.34. The summed E-state index contributed by atoms with van der Waals surface area (Å²) in [6.45, 7) is 3.03. The minimum absolute atomic E-state index is 0.649. The van der Waals surface area contributed by atoms with Crippen molar-refractivity contribution >= 4 is 16.8 Å². The highest BCUT2D eigenvalue weighted by molar-refractivity contribution is 5.94. The predicted octanol–water partition coefficient (Wildman–Crippen LogP) is 8.93. The second-order valence-corrected chi connectivity index (χ2v) is 9.38. The fraction of sp³-hybridized carbons (Fsp3) is 0.273. The second-order valence-electron chi connectivity index (χ2n) is 9.38. The van der Waals surface area contributed by atoms with E-state index in [1.165, 1.54) is 42.9 Å². The van der Waals surface area contributed by atoms with Gasteiger partial charge in [0.2, 0.25) is 0 Å². The van der Waals surface area contributed by atoms with Gasteiger partial charge in [-0.15, -0.1) is 0 Å². The van der Waals surface area contributed by atoms with E-state index >= 15 is 0 Å². The SMILES string of the molecule is CCCCCCCCOc1ccc2c3c(ccc2c1)OC(c1ccccc1)(c1ccccc1)C=C3. The lowest BCUT2D eigenvalue weighted by atomic mass is 9.83. The molecule has 0 spiro atoms. The number of hydrogen-bond acceptors (Lipinski definition) is 2. The molecule has 4 aromatic carbocycles. The molecule has 0 unspecified atom stereocenters. The van der Waals surface area contributed by atoms with Gasteiger partial charge in [0.15, 0.2) is 5.60 Å². The summed E-state index contributed by atoms with van der Waals surface area (Å²) in [6.07, 6.45) is 12.0. The van der Waals surface area contributed by atoms with Crippen molar-refractivity contribution in [3.05, 3.63) is 114 Å². The highest BCUT2D eigenvalue weighted by atomic mass is 16.5. The van der Waals surface area contributed by atoms with Crippen LogP contribution in [0.4, 0.5) is 0 Å². The Kier molecular flexibility index (Phi) is 7.18. The van der Waals surface area contributed by atoms with E-state index in [2.05, 4.69) is 97.9 Å². The Bertz CT molecular complexity index is 1240. The van der Waals surface area contributed by atoms with Gasteiger partial charge in [-0.1, -0.05) is 106 Å². The Morgan fingerprint density at radius 2 is 1.40 bits per heavy atom. The normalized spacial score (nSPS) is 13.9. The summed E-state index contributed by atoms with van der Waals surface area (Å²) in [5.74, 6) is 1.84. The molecule has 5 rings (SSSR count). The van der Waals surface area contributed by atoms with Crippen LogP contribution in [0.15, 0.2) is 97.1 Å². The molecule has 0 atom stereocenters. The first kappa shape index (κ1) is 23.2. The maximum absolute atomic E-state index is 6.83. The van der Waals surface area contributed by atoms with Gasteiger partial charge < -0.3 is 9.47 Å². The van der Waals surface area contributed by atoms with Crippen LogP contribution >= 0.6 is 0 Å². The first-order chi connectivity index (χ1) is 17.3. The van der Waals surface area contributed by atoms with Crippen molar-refractivity contribution in [3.8, 4) is 11.5 Å². The first-order valence-corrected chi connectivity index (χ1v) is 13.0. The Balaban J connectivity index is 1.38. The van der Waals surface area contributed by atoms with Crippen LogP contribution in [0.25, 0.3) is 16.8 Å². The van der Waals surface area contributed by atoms with Gasteiger partial charge >= 0.3 is 0 Å². The molecule has 1 aliphatic rings. The lowest BCUT2D eigenvalue weighted by Gasteiger charge is -2.36. The topological polar surface area (TPSA) is 18.5 Å². The van der Waals surface area contributed by atoms with E-state index in [9.17, 15) is 0 Å². The summed E-state index contributed by atoms with van der Waals surface area (Å²) in [4.78, 5) is 0. The van der Waals surface area contributed by atoms with Gasteiger partial charge in [-0.2, -0.15) is 0 Å². The monoisotopic (exact) mass is 462 g/mol. The Morgan fingerprint density at radius 3 is 2.11 bits per heavy atom. The Labute approximate surface area is 209 Å². The van der Waals surface area contributed by atoms with Crippen molar-refractivity contribution in [1.29, 1.82) is 0 Å². The molecular formula is C33H34O2. The molecule has 1 aliphatic heterocycles. The quantitative estimate of drug-likeness (QED) is 0.219. The number of rotatable bonds is 10. The molecule has 0 bridgehead atoms. The molecule has 0 saturated carbocycles.